The Balaban J connectivity index is 2.31. The number of rotatable bonds is 6. The topological polar surface area (TPSA) is 20.2 Å². The Morgan fingerprint density at radius 1 is 1.56 bits per heavy atom. The van der Waals surface area contributed by atoms with Gasteiger partial charge in [0.1, 0.15) is 5.82 Å². The van der Waals surface area contributed by atoms with Gasteiger partial charge >= 0.3 is 0 Å². The van der Waals surface area contributed by atoms with E-state index in [1.165, 1.54) is 23.9 Å². The molecular formula is C13H17FOS. The van der Waals surface area contributed by atoms with Crippen molar-refractivity contribution < 1.29 is 9.50 Å². The molecule has 0 radical (unpaired) electrons. The van der Waals surface area contributed by atoms with Gasteiger partial charge in [-0.05, 0) is 38.0 Å². The van der Waals surface area contributed by atoms with Crippen LogP contribution in [0.1, 0.15) is 19.8 Å². The minimum absolute atomic E-state index is 0.235. The monoisotopic (exact) mass is 240 g/mol. The molecule has 3 heteroatoms. The molecule has 0 saturated carbocycles. The minimum atomic E-state index is -0.357. The van der Waals surface area contributed by atoms with Gasteiger partial charge in [-0.2, -0.15) is 0 Å². The molecule has 0 aliphatic rings. The zero-order valence-corrected chi connectivity index (χ0v) is 10.3. The normalized spacial score (nSPS) is 12.4. The highest BCUT2D eigenvalue weighted by Crippen LogP contribution is 2.21. The first-order valence-corrected chi connectivity index (χ1v) is 6.27. The molecular weight excluding hydrogens is 223 g/mol. The van der Waals surface area contributed by atoms with Crippen LogP contribution in [0.5, 0.6) is 0 Å². The van der Waals surface area contributed by atoms with Gasteiger partial charge in [0.25, 0.3) is 0 Å². The van der Waals surface area contributed by atoms with Gasteiger partial charge in [0.15, 0.2) is 0 Å². The van der Waals surface area contributed by atoms with E-state index in [0.717, 1.165) is 23.3 Å². The van der Waals surface area contributed by atoms with Crippen molar-refractivity contribution >= 4 is 11.8 Å². The van der Waals surface area contributed by atoms with Gasteiger partial charge in [0.05, 0.1) is 6.10 Å². The highest BCUT2D eigenvalue weighted by molar-refractivity contribution is 7.99. The van der Waals surface area contributed by atoms with E-state index in [4.69, 9.17) is 0 Å². The number of aliphatic hydroxyl groups excluding tert-OH is 1. The Labute approximate surface area is 100 Å². The predicted octanol–water partition coefficient (Wildman–Crippen LogP) is 3.64. The van der Waals surface area contributed by atoms with E-state index in [0.29, 0.717) is 5.75 Å². The molecule has 1 atom stereocenters. The summed E-state index contributed by atoms with van der Waals surface area (Å²) in [5.41, 5.74) is 1.08. The average Bonchev–Trinajstić information content (AvgIpc) is 2.23. The lowest BCUT2D eigenvalue weighted by Crippen LogP contribution is -2.09. The largest absolute Gasteiger partial charge is 0.392 e. The molecule has 0 fully saturated rings. The number of allylic oxidation sites excluding steroid dienone is 1. The Morgan fingerprint density at radius 2 is 2.31 bits per heavy atom. The zero-order chi connectivity index (χ0) is 12.0. The molecule has 1 aromatic carbocycles. The fourth-order valence-corrected chi connectivity index (χ4v) is 2.17. The molecule has 16 heavy (non-hydrogen) atoms. The molecule has 0 heterocycles. The van der Waals surface area contributed by atoms with Crippen LogP contribution >= 0.6 is 11.8 Å². The van der Waals surface area contributed by atoms with Gasteiger partial charge in [-0.1, -0.05) is 11.6 Å². The average molecular weight is 240 g/mol. The second kappa shape index (κ2) is 6.71. The van der Waals surface area contributed by atoms with Crippen LogP contribution in [0.25, 0.3) is 0 Å². The molecule has 88 valence electrons. The molecule has 0 aliphatic carbocycles. The van der Waals surface area contributed by atoms with Crippen molar-refractivity contribution in [3.8, 4) is 0 Å². The maximum atomic E-state index is 12.9. The summed E-state index contributed by atoms with van der Waals surface area (Å²) in [5, 5.41) is 9.67. The van der Waals surface area contributed by atoms with Crippen molar-refractivity contribution in [2.24, 2.45) is 0 Å². The standard InChI is InChI=1S/C13H17FOS/c1-10(2)6-7-12(15)9-16-13-5-3-4-11(14)8-13/h3-5,8,12,15H,1,6-7,9H2,2H3. The molecule has 0 aromatic heterocycles. The lowest BCUT2D eigenvalue weighted by molar-refractivity contribution is 0.189. The second-order valence-corrected chi connectivity index (χ2v) is 5.01. The van der Waals surface area contributed by atoms with Crippen LogP contribution in [0, 0.1) is 5.82 Å². The first-order valence-electron chi connectivity index (χ1n) is 5.28. The van der Waals surface area contributed by atoms with E-state index in [2.05, 4.69) is 6.58 Å². The number of aliphatic hydroxyl groups is 1. The van der Waals surface area contributed by atoms with Gasteiger partial charge < -0.3 is 5.11 Å². The van der Waals surface area contributed by atoms with Gasteiger partial charge in [-0.15, -0.1) is 18.3 Å². The van der Waals surface area contributed by atoms with Crippen molar-refractivity contribution in [2.45, 2.75) is 30.8 Å². The Morgan fingerprint density at radius 3 is 2.94 bits per heavy atom. The van der Waals surface area contributed by atoms with Gasteiger partial charge in [0.2, 0.25) is 0 Å². The highest BCUT2D eigenvalue weighted by atomic mass is 32.2. The summed E-state index contributed by atoms with van der Waals surface area (Å²) in [7, 11) is 0. The third kappa shape index (κ3) is 5.33. The van der Waals surface area contributed by atoms with E-state index >= 15 is 0 Å². The molecule has 1 N–H and O–H groups in total. The molecule has 0 aliphatic heterocycles. The molecule has 1 aromatic rings. The fraction of sp³-hybridized carbons (Fsp3) is 0.385. The second-order valence-electron chi connectivity index (χ2n) is 3.92. The van der Waals surface area contributed by atoms with Gasteiger partial charge in [-0.3, -0.25) is 0 Å². The van der Waals surface area contributed by atoms with Crippen LogP contribution in [0.2, 0.25) is 0 Å². The molecule has 0 saturated heterocycles. The highest BCUT2D eigenvalue weighted by Gasteiger charge is 2.05. The maximum Gasteiger partial charge on any atom is 0.124 e. The van der Waals surface area contributed by atoms with E-state index in [-0.39, 0.29) is 11.9 Å². The van der Waals surface area contributed by atoms with Crippen molar-refractivity contribution in [3.05, 3.63) is 42.2 Å². The summed E-state index contributed by atoms with van der Waals surface area (Å²) in [6.07, 6.45) is 1.20. The summed E-state index contributed by atoms with van der Waals surface area (Å²) in [4.78, 5) is 0.856. The van der Waals surface area contributed by atoms with E-state index < -0.39 is 0 Å². The van der Waals surface area contributed by atoms with E-state index in [1.807, 2.05) is 13.0 Å². The Bertz CT molecular complexity index is 352. The first kappa shape index (κ1) is 13.3. The van der Waals surface area contributed by atoms with Gasteiger partial charge in [0, 0.05) is 10.6 Å². The molecule has 0 bridgehead atoms. The summed E-state index contributed by atoms with van der Waals surface area (Å²) in [6.45, 7) is 5.74. The number of benzene rings is 1. The number of hydrogen-bond acceptors (Lipinski definition) is 2. The minimum Gasteiger partial charge on any atom is -0.392 e. The Kier molecular flexibility index (Phi) is 5.56. The maximum absolute atomic E-state index is 12.9. The van der Waals surface area contributed by atoms with Crippen molar-refractivity contribution in [3.63, 3.8) is 0 Å². The molecule has 1 unspecified atom stereocenters. The smallest absolute Gasteiger partial charge is 0.124 e. The van der Waals surface area contributed by atoms with Crippen molar-refractivity contribution in [1.29, 1.82) is 0 Å². The summed E-state index contributed by atoms with van der Waals surface area (Å²) >= 11 is 1.47. The quantitative estimate of drug-likeness (QED) is 0.605. The predicted molar refractivity (Wildman–Crippen MR) is 67.2 cm³/mol. The third-order valence-electron chi connectivity index (χ3n) is 2.14. The molecule has 0 spiro atoms. The molecule has 1 rings (SSSR count). The lowest BCUT2D eigenvalue weighted by Gasteiger charge is -2.09. The SMILES string of the molecule is C=C(C)CCC(O)CSc1cccc(F)c1. The van der Waals surface area contributed by atoms with Crippen LogP contribution in [0.15, 0.2) is 41.3 Å². The van der Waals surface area contributed by atoms with Crippen LogP contribution < -0.4 is 0 Å². The Hall–Kier alpha value is -0.800. The van der Waals surface area contributed by atoms with Crippen LogP contribution in [0.3, 0.4) is 0 Å². The van der Waals surface area contributed by atoms with Crippen molar-refractivity contribution in [1.82, 2.24) is 0 Å². The zero-order valence-electron chi connectivity index (χ0n) is 9.45. The molecule has 1 nitrogen and oxygen atoms in total. The van der Waals surface area contributed by atoms with Crippen LogP contribution in [0.4, 0.5) is 4.39 Å². The van der Waals surface area contributed by atoms with Crippen molar-refractivity contribution in [2.75, 3.05) is 5.75 Å². The number of thioether (sulfide) groups is 1. The first-order chi connectivity index (χ1) is 7.58. The summed E-state index contributed by atoms with van der Waals surface area (Å²) < 4.78 is 12.9. The number of hydrogen-bond donors (Lipinski definition) is 1. The van der Waals surface area contributed by atoms with E-state index in [9.17, 15) is 9.50 Å². The fourth-order valence-electron chi connectivity index (χ4n) is 1.25. The lowest BCUT2D eigenvalue weighted by atomic mass is 10.1. The summed E-state index contributed by atoms with van der Waals surface area (Å²) in [6, 6.07) is 6.43. The van der Waals surface area contributed by atoms with Crippen LogP contribution in [-0.2, 0) is 0 Å². The van der Waals surface area contributed by atoms with Gasteiger partial charge in [-0.25, -0.2) is 4.39 Å². The number of halogens is 1. The van der Waals surface area contributed by atoms with Crippen LogP contribution in [-0.4, -0.2) is 17.0 Å². The third-order valence-corrected chi connectivity index (χ3v) is 3.28. The molecule has 0 amide bonds. The van der Waals surface area contributed by atoms with E-state index in [1.54, 1.807) is 6.07 Å². The summed E-state index contributed by atoms with van der Waals surface area (Å²) in [5.74, 6) is 0.359.